The van der Waals surface area contributed by atoms with Gasteiger partial charge in [0.2, 0.25) is 0 Å². The van der Waals surface area contributed by atoms with Crippen LogP contribution in [-0.4, -0.2) is 50.9 Å². The van der Waals surface area contributed by atoms with E-state index in [2.05, 4.69) is 32.4 Å². The lowest BCUT2D eigenvalue weighted by Gasteiger charge is -2.35. The van der Waals surface area contributed by atoms with Crippen LogP contribution in [-0.2, 0) is 6.67 Å². The van der Waals surface area contributed by atoms with Gasteiger partial charge in [-0.2, -0.15) is 9.36 Å². The lowest BCUT2D eigenvalue weighted by Crippen LogP contribution is -2.48. The van der Waals surface area contributed by atoms with E-state index in [1.165, 1.54) is 15.1 Å². The summed E-state index contributed by atoms with van der Waals surface area (Å²) in [5.74, 6) is 0. The molecule has 26 heavy (non-hydrogen) atoms. The molecule has 1 saturated heterocycles. The number of aromatic nitrogens is 4. The van der Waals surface area contributed by atoms with Gasteiger partial charge in [0.25, 0.3) is 0 Å². The molecule has 1 aliphatic rings. The van der Waals surface area contributed by atoms with Gasteiger partial charge in [-0.3, -0.25) is 4.90 Å². The van der Waals surface area contributed by atoms with Gasteiger partial charge < -0.3 is 4.90 Å². The van der Waals surface area contributed by atoms with Crippen molar-refractivity contribution in [1.82, 2.24) is 24.7 Å². The Bertz CT molecular complexity index is 930. The van der Waals surface area contributed by atoms with Crippen LogP contribution in [0.15, 0.2) is 59.4 Å². The van der Waals surface area contributed by atoms with Crippen LogP contribution < -0.4 is 10.6 Å². The molecule has 2 aromatic carbocycles. The van der Waals surface area contributed by atoms with Crippen molar-refractivity contribution >= 4 is 17.3 Å². The number of benzene rings is 2. The molecule has 1 aromatic heterocycles. The van der Waals surface area contributed by atoms with Crippen LogP contribution >= 0.6 is 11.6 Å². The standard InChI is InChI=1S/C18H19ClN6O/c19-16-8-4-5-9-17(16)25-18(26)24(20-21-25)14-22-10-12-23(13-11-22)15-6-2-1-3-7-15/h1-9H,10-14H2. The minimum absolute atomic E-state index is 0.288. The summed E-state index contributed by atoms with van der Waals surface area (Å²) in [6.45, 7) is 3.97. The quantitative estimate of drug-likeness (QED) is 0.701. The number of nitrogens with zero attached hydrogens (tertiary/aromatic N) is 6. The maximum atomic E-state index is 12.6. The van der Waals surface area contributed by atoms with Gasteiger partial charge in [-0.1, -0.05) is 41.9 Å². The van der Waals surface area contributed by atoms with E-state index in [9.17, 15) is 4.79 Å². The highest BCUT2D eigenvalue weighted by atomic mass is 35.5. The van der Waals surface area contributed by atoms with Crippen LogP contribution in [0, 0.1) is 0 Å². The molecule has 8 heteroatoms. The second kappa shape index (κ2) is 7.31. The zero-order valence-corrected chi connectivity index (χ0v) is 15.0. The summed E-state index contributed by atoms with van der Waals surface area (Å²) < 4.78 is 2.62. The molecule has 0 aliphatic carbocycles. The Balaban J connectivity index is 1.43. The molecule has 134 valence electrons. The Morgan fingerprint density at radius 1 is 0.885 bits per heavy atom. The number of tetrazole rings is 1. The number of para-hydroxylation sites is 2. The molecule has 4 rings (SSSR count). The van der Waals surface area contributed by atoms with E-state index >= 15 is 0 Å². The lowest BCUT2D eigenvalue weighted by atomic mass is 10.2. The van der Waals surface area contributed by atoms with Crippen LogP contribution in [0.25, 0.3) is 5.69 Å². The molecule has 3 aromatic rings. The summed E-state index contributed by atoms with van der Waals surface area (Å²) in [6, 6.07) is 17.5. The smallest absolute Gasteiger partial charge is 0.369 e. The summed E-state index contributed by atoms with van der Waals surface area (Å²) in [7, 11) is 0. The maximum absolute atomic E-state index is 12.6. The van der Waals surface area contributed by atoms with Crippen LogP contribution in [0.2, 0.25) is 5.02 Å². The summed E-state index contributed by atoms with van der Waals surface area (Å²) in [6.07, 6.45) is 0. The molecule has 0 spiro atoms. The fraction of sp³-hybridized carbons (Fsp3) is 0.278. The van der Waals surface area contributed by atoms with Crippen LogP contribution in [0.5, 0.6) is 0 Å². The second-order valence-electron chi connectivity index (χ2n) is 6.21. The SMILES string of the molecule is O=c1n(CN2CCN(c3ccccc3)CC2)nnn1-c1ccccc1Cl. The summed E-state index contributed by atoms with van der Waals surface area (Å²) in [5, 5.41) is 8.45. The van der Waals surface area contributed by atoms with Crippen molar-refractivity contribution in [3.63, 3.8) is 0 Å². The first kappa shape index (κ1) is 16.8. The van der Waals surface area contributed by atoms with Gasteiger partial charge in [-0.15, -0.1) is 0 Å². The number of rotatable bonds is 4. The molecule has 0 unspecified atom stereocenters. The Morgan fingerprint density at radius 3 is 2.31 bits per heavy atom. The number of piperazine rings is 1. The third-order valence-electron chi connectivity index (χ3n) is 4.55. The molecule has 0 amide bonds. The zero-order valence-electron chi connectivity index (χ0n) is 14.2. The summed E-state index contributed by atoms with van der Waals surface area (Å²) in [4.78, 5) is 17.1. The number of anilines is 1. The first-order valence-electron chi connectivity index (χ1n) is 8.52. The van der Waals surface area contributed by atoms with Crippen LogP contribution in [0.4, 0.5) is 5.69 Å². The molecule has 1 fully saturated rings. The highest BCUT2D eigenvalue weighted by Gasteiger charge is 2.19. The normalized spacial score (nSPS) is 15.3. The van der Waals surface area contributed by atoms with Crippen LogP contribution in [0.3, 0.4) is 0 Å². The van der Waals surface area contributed by atoms with Gasteiger partial charge >= 0.3 is 5.69 Å². The Kier molecular flexibility index (Phi) is 4.73. The first-order valence-corrected chi connectivity index (χ1v) is 8.90. The molecule has 1 aliphatic heterocycles. The van der Waals surface area contributed by atoms with Crippen molar-refractivity contribution in [1.29, 1.82) is 0 Å². The van der Waals surface area contributed by atoms with Gasteiger partial charge in [-0.25, -0.2) is 4.79 Å². The van der Waals surface area contributed by atoms with Crippen molar-refractivity contribution in [3.05, 3.63) is 70.1 Å². The van der Waals surface area contributed by atoms with Crippen molar-refractivity contribution in [3.8, 4) is 5.69 Å². The van der Waals surface area contributed by atoms with E-state index in [0.29, 0.717) is 17.4 Å². The minimum atomic E-state index is -0.288. The number of hydrogen-bond donors (Lipinski definition) is 0. The largest absolute Gasteiger partial charge is 0.369 e. The van der Waals surface area contributed by atoms with Gasteiger partial charge in [-0.05, 0) is 34.7 Å². The van der Waals surface area contributed by atoms with E-state index in [0.717, 1.165) is 26.2 Å². The molecule has 0 bridgehead atoms. The molecular formula is C18H19ClN6O. The molecular weight excluding hydrogens is 352 g/mol. The van der Waals surface area contributed by atoms with E-state index in [1.54, 1.807) is 12.1 Å². The molecule has 0 atom stereocenters. The van der Waals surface area contributed by atoms with E-state index in [-0.39, 0.29) is 5.69 Å². The number of hydrogen-bond acceptors (Lipinski definition) is 5. The molecule has 0 N–H and O–H groups in total. The maximum Gasteiger partial charge on any atom is 0.369 e. The summed E-state index contributed by atoms with van der Waals surface area (Å²) in [5.41, 5.74) is 1.48. The van der Waals surface area contributed by atoms with E-state index in [1.807, 2.05) is 30.3 Å². The molecule has 0 saturated carbocycles. The second-order valence-corrected chi connectivity index (χ2v) is 6.61. The molecule has 0 radical (unpaired) electrons. The van der Waals surface area contributed by atoms with Crippen molar-refractivity contribution in [2.75, 3.05) is 31.1 Å². The number of halogens is 1. The average molecular weight is 371 g/mol. The predicted octanol–water partition coefficient (Wildman–Crippen LogP) is 1.86. The summed E-state index contributed by atoms with van der Waals surface area (Å²) >= 11 is 6.15. The van der Waals surface area contributed by atoms with Gasteiger partial charge in [0.15, 0.2) is 0 Å². The predicted molar refractivity (Wildman–Crippen MR) is 101 cm³/mol. The third kappa shape index (κ3) is 3.36. The van der Waals surface area contributed by atoms with E-state index < -0.39 is 0 Å². The Morgan fingerprint density at radius 2 is 1.58 bits per heavy atom. The Hall–Kier alpha value is -2.64. The Labute approximate surface area is 156 Å². The first-order chi connectivity index (χ1) is 12.7. The highest BCUT2D eigenvalue weighted by molar-refractivity contribution is 6.32. The van der Waals surface area contributed by atoms with Crippen LogP contribution in [0.1, 0.15) is 0 Å². The van der Waals surface area contributed by atoms with Crippen molar-refractivity contribution in [2.24, 2.45) is 0 Å². The minimum Gasteiger partial charge on any atom is -0.369 e. The monoisotopic (exact) mass is 370 g/mol. The molecule has 7 nitrogen and oxygen atoms in total. The third-order valence-corrected chi connectivity index (χ3v) is 4.87. The van der Waals surface area contributed by atoms with Gasteiger partial charge in [0.05, 0.1) is 10.7 Å². The van der Waals surface area contributed by atoms with E-state index in [4.69, 9.17) is 11.6 Å². The van der Waals surface area contributed by atoms with Crippen molar-refractivity contribution in [2.45, 2.75) is 6.67 Å². The topological polar surface area (TPSA) is 59.2 Å². The zero-order chi connectivity index (χ0) is 17.9. The fourth-order valence-corrected chi connectivity index (χ4v) is 3.33. The lowest BCUT2D eigenvalue weighted by molar-refractivity contribution is 0.191. The van der Waals surface area contributed by atoms with Crippen molar-refractivity contribution < 1.29 is 0 Å². The fourth-order valence-electron chi connectivity index (χ4n) is 3.11. The van der Waals surface area contributed by atoms with Gasteiger partial charge in [0.1, 0.15) is 6.67 Å². The molecule has 2 heterocycles. The highest BCUT2D eigenvalue weighted by Crippen LogP contribution is 2.17. The van der Waals surface area contributed by atoms with Gasteiger partial charge in [0, 0.05) is 31.9 Å². The average Bonchev–Trinajstić information content (AvgIpc) is 3.04.